The first-order valence-corrected chi connectivity index (χ1v) is 17.0. The second-order valence-corrected chi connectivity index (χ2v) is 12.9. The Kier molecular flexibility index (Phi) is 11.3. The van der Waals surface area contributed by atoms with Gasteiger partial charge < -0.3 is 25.8 Å². The number of nitrogens with one attached hydrogen (secondary N) is 3. The molecule has 1 unspecified atom stereocenters. The van der Waals surface area contributed by atoms with E-state index in [4.69, 9.17) is 0 Å². The first kappa shape index (κ1) is 34.1. The predicted molar refractivity (Wildman–Crippen MR) is 174 cm³/mol. The van der Waals surface area contributed by atoms with E-state index in [0.717, 1.165) is 43.6 Å². The Morgan fingerprint density at radius 1 is 1.02 bits per heavy atom. The lowest BCUT2D eigenvalue weighted by molar-refractivity contribution is -0.135. The Morgan fingerprint density at radius 2 is 1.77 bits per heavy atom. The zero-order valence-electron chi connectivity index (χ0n) is 26.9. The quantitative estimate of drug-likeness (QED) is 0.282. The number of nitrogens with zero attached hydrogens (tertiary/aromatic N) is 6. The van der Waals surface area contributed by atoms with Crippen molar-refractivity contribution in [2.75, 3.05) is 38.5 Å². The normalized spacial score (nSPS) is 17.8. The average Bonchev–Trinajstić information content (AvgIpc) is 3.80. The maximum atomic E-state index is 15.7. The number of hydrogen-bond donors (Lipinski definition) is 3. The summed E-state index contributed by atoms with van der Waals surface area (Å²) in [4.78, 5) is 57.4. The number of benzene rings is 1. The van der Waals surface area contributed by atoms with Crippen molar-refractivity contribution in [2.24, 2.45) is 5.92 Å². The standard InChI is InChI=1S/C32H42FN9O4S/c1-4-42-26(12-13-34-42)30(44)37-28(21-8-6-5-7-9-21)31(45)35-24-11-10-22(18-23(24)33)20(2)27(36-29(43)25-19-47-39-38-25)32(46)41-16-14-40(3)15-17-41/h10-13,18-21,27-28H,4-9,14-17H2,1-3H3,(H,35,45)(H,36,43)(H,37,44)/t20-,27+,28?/m0/s1. The van der Waals surface area contributed by atoms with Crippen LogP contribution in [0.15, 0.2) is 35.8 Å². The molecule has 15 heteroatoms. The fourth-order valence-electron chi connectivity index (χ4n) is 6.28. The molecule has 0 spiro atoms. The van der Waals surface area contributed by atoms with E-state index in [1.807, 2.05) is 14.0 Å². The van der Waals surface area contributed by atoms with E-state index >= 15 is 4.39 Å². The number of hydrogen-bond acceptors (Lipinski definition) is 9. The van der Waals surface area contributed by atoms with Crippen LogP contribution in [0.3, 0.4) is 0 Å². The highest BCUT2D eigenvalue weighted by Gasteiger charge is 2.35. The van der Waals surface area contributed by atoms with Crippen LogP contribution in [-0.4, -0.2) is 98.1 Å². The Bertz CT molecular complexity index is 1550. The lowest BCUT2D eigenvalue weighted by atomic mass is 9.83. The van der Waals surface area contributed by atoms with Gasteiger partial charge in [-0.3, -0.25) is 23.9 Å². The monoisotopic (exact) mass is 667 g/mol. The number of amides is 4. The van der Waals surface area contributed by atoms with Crippen LogP contribution in [-0.2, 0) is 16.1 Å². The number of piperazine rings is 1. The van der Waals surface area contributed by atoms with Crippen molar-refractivity contribution in [3.05, 3.63) is 58.6 Å². The molecule has 252 valence electrons. The van der Waals surface area contributed by atoms with Crippen molar-refractivity contribution >= 4 is 40.8 Å². The fourth-order valence-corrected chi connectivity index (χ4v) is 6.72. The molecule has 1 saturated carbocycles. The van der Waals surface area contributed by atoms with Gasteiger partial charge in [-0.2, -0.15) is 5.10 Å². The second kappa shape index (κ2) is 15.6. The Hall–Kier alpha value is -4.24. The minimum atomic E-state index is -0.991. The lowest BCUT2D eigenvalue weighted by Gasteiger charge is -2.36. The highest BCUT2D eigenvalue weighted by molar-refractivity contribution is 7.03. The van der Waals surface area contributed by atoms with Gasteiger partial charge in [0, 0.05) is 50.2 Å². The number of carbonyl (C=O) groups is 4. The Labute approximate surface area is 277 Å². The molecule has 5 rings (SSSR count). The van der Waals surface area contributed by atoms with Gasteiger partial charge in [0.15, 0.2) is 5.69 Å². The minimum Gasteiger partial charge on any atom is -0.339 e. The minimum absolute atomic E-state index is 0.0425. The van der Waals surface area contributed by atoms with E-state index in [2.05, 4.69) is 35.5 Å². The zero-order chi connectivity index (χ0) is 33.5. The van der Waals surface area contributed by atoms with Gasteiger partial charge in [0.05, 0.1) is 5.69 Å². The molecule has 2 aliphatic rings. The molecule has 1 saturated heterocycles. The maximum absolute atomic E-state index is 15.7. The van der Waals surface area contributed by atoms with E-state index in [1.165, 1.54) is 23.7 Å². The fraction of sp³-hybridized carbons (Fsp3) is 0.531. The van der Waals surface area contributed by atoms with Gasteiger partial charge in [-0.1, -0.05) is 36.7 Å². The molecule has 0 radical (unpaired) electrons. The number of aromatic nitrogens is 4. The van der Waals surface area contributed by atoms with Crippen molar-refractivity contribution in [2.45, 2.75) is 70.5 Å². The molecule has 1 aliphatic carbocycles. The van der Waals surface area contributed by atoms with Crippen LogP contribution in [0.2, 0.25) is 0 Å². The smallest absolute Gasteiger partial charge is 0.273 e. The first-order valence-electron chi connectivity index (χ1n) is 16.1. The summed E-state index contributed by atoms with van der Waals surface area (Å²) in [5.41, 5.74) is 0.875. The van der Waals surface area contributed by atoms with Gasteiger partial charge in [-0.25, -0.2) is 4.39 Å². The summed E-state index contributed by atoms with van der Waals surface area (Å²) in [5.74, 6) is -3.12. The van der Waals surface area contributed by atoms with Gasteiger partial charge in [0.1, 0.15) is 23.6 Å². The first-order chi connectivity index (χ1) is 22.7. The molecule has 1 aromatic carbocycles. The molecule has 1 aliphatic heterocycles. The summed E-state index contributed by atoms with van der Waals surface area (Å²) in [6, 6.07) is 4.12. The molecule has 2 aromatic heterocycles. The molecule has 0 bridgehead atoms. The molecule has 3 N–H and O–H groups in total. The van der Waals surface area contributed by atoms with Gasteiger partial charge >= 0.3 is 0 Å². The number of anilines is 1. The summed E-state index contributed by atoms with van der Waals surface area (Å²) in [6.45, 7) is 6.53. The average molecular weight is 668 g/mol. The van der Waals surface area contributed by atoms with E-state index in [-0.39, 0.29) is 23.2 Å². The van der Waals surface area contributed by atoms with Crippen molar-refractivity contribution in [1.29, 1.82) is 0 Å². The van der Waals surface area contributed by atoms with Gasteiger partial charge in [-0.05, 0) is 68.0 Å². The maximum Gasteiger partial charge on any atom is 0.273 e. The Morgan fingerprint density at radius 3 is 2.43 bits per heavy atom. The van der Waals surface area contributed by atoms with Crippen LogP contribution in [0.5, 0.6) is 0 Å². The molecule has 2 fully saturated rings. The molecule has 3 atom stereocenters. The number of halogens is 1. The zero-order valence-corrected chi connectivity index (χ0v) is 27.8. The third-order valence-corrected chi connectivity index (χ3v) is 9.68. The molecule has 3 heterocycles. The molecule has 47 heavy (non-hydrogen) atoms. The van der Waals surface area contributed by atoms with Gasteiger partial charge in [-0.15, -0.1) is 5.10 Å². The Balaban J connectivity index is 1.33. The summed E-state index contributed by atoms with van der Waals surface area (Å²) >= 11 is 1.03. The summed E-state index contributed by atoms with van der Waals surface area (Å²) in [7, 11) is 1.98. The highest BCUT2D eigenvalue weighted by atomic mass is 32.1. The largest absolute Gasteiger partial charge is 0.339 e. The van der Waals surface area contributed by atoms with Crippen LogP contribution >= 0.6 is 11.5 Å². The van der Waals surface area contributed by atoms with Crippen LogP contribution in [0.4, 0.5) is 10.1 Å². The summed E-state index contributed by atoms with van der Waals surface area (Å²) in [5, 5.41) is 17.9. The van der Waals surface area contributed by atoms with E-state index in [0.29, 0.717) is 44.0 Å². The molecular weight excluding hydrogens is 625 g/mol. The van der Waals surface area contributed by atoms with Gasteiger partial charge in [0.2, 0.25) is 11.8 Å². The predicted octanol–water partition coefficient (Wildman–Crippen LogP) is 2.89. The highest BCUT2D eigenvalue weighted by Crippen LogP contribution is 2.29. The molecule has 13 nitrogen and oxygen atoms in total. The van der Waals surface area contributed by atoms with E-state index < -0.39 is 41.5 Å². The van der Waals surface area contributed by atoms with E-state index in [1.54, 1.807) is 28.6 Å². The van der Waals surface area contributed by atoms with Crippen molar-refractivity contribution in [1.82, 2.24) is 39.8 Å². The second-order valence-electron chi connectivity index (χ2n) is 12.3. The van der Waals surface area contributed by atoms with Crippen LogP contribution in [0.1, 0.15) is 78.4 Å². The van der Waals surface area contributed by atoms with Crippen LogP contribution in [0, 0.1) is 11.7 Å². The van der Waals surface area contributed by atoms with Crippen molar-refractivity contribution in [3.63, 3.8) is 0 Å². The van der Waals surface area contributed by atoms with Crippen molar-refractivity contribution in [3.8, 4) is 0 Å². The van der Waals surface area contributed by atoms with Crippen LogP contribution < -0.4 is 16.0 Å². The number of rotatable bonds is 11. The van der Waals surface area contributed by atoms with E-state index in [9.17, 15) is 19.2 Å². The van der Waals surface area contributed by atoms with Crippen molar-refractivity contribution < 1.29 is 23.6 Å². The third kappa shape index (κ3) is 8.19. The number of aryl methyl sites for hydroxylation is 1. The van der Waals surface area contributed by atoms with Crippen LogP contribution in [0.25, 0.3) is 0 Å². The molecule has 3 aromatic rings. The number of likely N-dealkylation sites (N-methyl/N-ethyl adjacent to an activating group) is 1. The number of carbonyl (C=O) groups excluding carboxylic acids is 4. The summed E-state index contributed by atoms with van der Waals surface area (Å²) in [6.07, 6.45) is 6.04. The third-order valence-electron chi connectivity index (χ3n) is 9.18. The SMILES string of the molecule is CCn1nccc1C(=O)NC(C(=O)Nc1ccc([C@H](C)[C@@H](NC(=O)c2csnn2)C(=O)N2CCN(C)CC2)cc1F)C1CCCCC1. The molecule has 4 amide bonds. The topological polar surface area (TPSA) is 154 Å². The molecular formula is C32H42FN9O4S. The van der Waals surface area contributed by atoms with Gasteiger partial charge in [0.25, 0.3) is 11.8 Å². The lowest BCUT2D eigenvalue weighted by Crippen LogP contribution is -2.55. The summed E-state index contributed by atoms with van der Waals surface area (Å²) < 4.78 is 21.0.